The second-order valence-corrected chi connectivity index (χ2v) is 5.37. The highest BCUT2D eigenvalue weighted by molar-refractivity contribution is 7.10. The molecule has 0 aliphatic heterocycles. The summed E-state index contributed by atoms with van der Waals surface area (Å²) < 4.78 is 13.2. The first-order valence-corrected chi connectivity index (χ1v) is 7.21. The van der Waals surface area contributed by atoms with Crippen molar-refractivity contribution in [3.8, 4) is 11.8 Å². The molecule has 104 valence electrons. The lowest BCUT2D eigenvalue weighted by Crippen LogP contribution is -2.16. The molecular weight excluding hydrogens is 273 g/mol. The monoisotopic (exact) mass is 289 g/mol. The summed E-state index contributed by atoms with van der Waals surface area (Å²) in [6, 6.07) is 8.52. The van der Waals surface area contributed by atoms with Gasteiger partial charge in [-0.15, -0.1) is 11.3 Å². The van der Waals surface area contributed by atoms with Crippen LogP contribution >= 0.6 is 11.3 Å². The van der Waals surface area contributed by atoms with E-state index in [1.165, 1.54) is 12.1 Å². The van der Waals surface area contributed by atoms with Crippen molar-refractivity contribution in [3.63, 3.8) is 0 Å². The normalized spacial score (nSPS) is 9.95. The van der Waals surface area contributed by atoms with E-state index in [2.05, 4.69) is 11.8 Å². The van der Waals surface area contributed by atoms with E-state index in [9.17, 15) is 4.39 Å². The van der Waals surface area contributed by atoms with Gasteiger partial charge in [0.15, 0.2) is 0 Å². The van der Waals surface area contributed by atoms with Crippen LogP contribution in [-0.4, -0.2) is 18.8 Å². The van der Waals surface area contributed by atoms with Gasteiger partial charge >= 0.3 is 0 Å². The number of hydrogen-bond donors (Lipinski definition) is 1. The number of halogens is 1. The molecule has 0 radical (unpaired) electrons. The third kappa shape index (κ3) is 3.83. The number of hydrogen-bond acceptors (Lipinski definition) is 3. The average molecular weight is 289 g/mol. The molecule has 1 aromatic heterocycles. The molecule has 0 aliphatic rings. The molecule has 0 fully saturated rings. The van der Waals surface area contributed by atoms with E-state index in [0.717, 1.165) is 16.1 Å². The fraction of sp³-hybridized carbons (Fsp3) is 0.250. The van der Waals surface area contributed by atoms with E-state index in [-0.39, 0.29) is 12.4 Å². The summed E-state index contributed by atoms with van der Waals surface area (Å²) in [7, 11) is 1.93. The number of nitrogens with zero attached hydrogens (tertiary/aromatic N) is 1. The fourth-order valence-corrected chi connectivity index (χ4v) is 2.69. The summed E-state index contributed by atoms with van der Waals surface area (Å²) in [5.41, 5.74) is 1.82. The van der Waals surface area contributed by atoms with Crippen molar-refractivity contribution in [2.75, 3.05) is 18.6 Å². The second kappa shape index (κ2) is 7.09. The van der Waals surface area contributed by atoms with E-state index in [0.29, 0.717) is 13.0 Å². The summed E-state index contributed by atoms with van der Waals surface area (Å²) in [6.07, 6.45) is 0.481. The number of aliphatic hydroxyl groups is 1. The van der Waals surface area contributed by atoms with E-state index in [4.69, 9.17) is 5.11 Å². The fourth-order valence-electron chi connectivity index (χ4n) is 1.81. The van der Waals surface area contributed by atoms with Crippen molar-refractivity contribution in [3.05, 3.63) is 52.0 Å². The first kappa shape index (κ1) is 14.6. The van der Waals surface area contributed by atoms with Crippen molar-refractivity contribution in [2.45, 2.75) is 13.0 Å². The van der Waals surface area contributed by atoms with Crippen LogP contribution in [0, 0.1) is 17.7 Å². The molecule has 0 atom stereocenters. The van der Waals surface area contributed by atoms with Crippen LogP contribution in [0.15, 0.2) is 35.7 Å². The Balaban J connectivity index is 2.11. The van der Waals surface area contributed by atoms with Crippen LogP contribution in [0.1, 0.15) is 16.9 Å². The first-order valence-electron chi connectivity index (χ1n) is 6.33. The summed E-state index contributed by atoms with van der Waals surface area (Å²) in [5, 5.41) is 10.7. The van der Waals surface area contributed by atoms with Crippen molar-refractivity contribution < 1.29 is 9.50 Å². The Kier molecular flexibility index (Phi) is 5.16. The van der Waals surface area contributed by atoms with Crippen molar-refractivity contribution in [1.82, 2.24) is 0 Å². The van der Waals surface area contributed by atoms with Crippen LogP contribution in [0.25, 0.3) is 0 Å². The molecule has 0 amide bonds. The Labute approximate surface area is 122 Å². The van der Waals surface area contributed by atoms with Gasteiger partial charge in [-0.05, 0) is 29.6 Å². The Bertz CT molecular complexity index is 627. The first-order chi connectivity index (χ1) is 9.70. The molecule has 4 heteroatoms. The molecule has 1 aromatic carbocycles. The molecule has 0 unspecified atom stereocenters. The van der Waals surface area contributed by atoms with Gasteiger partial charge in [0.2, 0.25) is 0 Å². The molecule has 0 saturated heterocycles. The second-order valence-electron chi connectivity index (χ2n) is 4.37. The molecular formula is C16H16FNOS. The zero-order valence-corrected chi connectivity index (χ0v) is 12.1. The highest BCUT2D eigenvalue weighted by Gasteiger charge is 2.07. The lowest BCUT2D eigenvalue weighted by atomic mass is 10.2. The van der Waals surface area contributed by atoms with Crippen LogP contribution in [0.2, 0.25) is 0 Å². The predicted molar refractivity (Wildman–Crippen MR) is 81.4 cm³/mol. The van der Waals surface area contributed by atoms with Crippen molar-refractivity contribution >= 4 is 17.0 Å². The molecule has 2 aromatic rings. The highest BCUT2D eigenvalue weighted by atomic mass is 32.1. The van der Waals surface area contributed by atoms with Crippen LogP contribution in [0.3, 0.4) is 0 Å². The van der Waals surface area contributed by atoms with Gasteiger partial charge in [0.1, 0.15) is 5.82 Å². The SMILES string of the molecule is CN(Cc1sccc1C#CCCO)c1cccc(F)c1. The minimum atomic E-state index is -0.233. The van der Waals surface area contributed by atoms with E-state index < -0.39 is 0 Å². The van der Waals surface area contributed by atoms with Gasteiger partial charge in [-0.2, -0.15) is 0 Å². The lowest BCUT2D eigenvalue weighted by Gasteiger charge is -2.18. The summed E-state index contributed by atoms with van der Waals surface area (Å²) >= 11 is 1.63. The average Bonchev–Trinajstić information content (AvgIpc) is 2.86. The maximum absolute atomic E-state index is 13.2. The Hall–Kier alpha value is -1.83. The summed E-state index contributed by atoms with van der Waals surface area (Å²) in [5.74, 6) is 5.76. The molecule has 0 saturated carbocycles. The van der Waals surface area contributed by atoms with Gasteiger partial charge in [-0.1, -0.05) is 17.9 Å². The molecule has 0 aliphatic carbocycles. The third-order valence-corrected chi connectivity index (χ3v) is 3.74. The van der Waals surface area contributed by atoms with E-state index in [1.54, 1.807) is 17.4 Å². The van der Waals surface area contributed by atoms with Gasteiger partial charge in [-0.3, -0.25) is 0 Å². The summed E-state index contributed by atoms with van der Waals surface area (Å²) in [4.78, 5) is 3.13. The number of anilines is 1. The van der Waals surface area contributed by atoms with Gasteiger partial charge in [0, 0.05) is 29.6 Å². The van der Waals surface area contributed by atoms with Crippen molar-refractivity contribution in [2.24, 2.45) is 0 Å². The van der Waals surface area contributed by atoms with E-state index in [1.807, 2.05) is 29.5 Å². The summed E-state index contributed by atoms with van der Waals surface area (Å²) in [6.45, 7) is 0.764. The largest absolute Gasteiger partial charge is 0.395 e. The van der Waals surface area contributed by atoms with Crippen molar-refractivity contribution in [1.29, 1.82) is 0 Å². The molecule has 1 N–H and O–H groups in total. The Morgan fingerprint density at radius 3 is 2.95 bits per heavy atom. The van der Waals surface area contributed by atoms with Crippen LogP contribution < -0.4 is 4.90 Å². The van der Waals surface area contributed by atoms with Crippen LogP contribution in [0.4, 0.5) is 10.1 Å². The lowest BCUT2D eigenvalue weighted by molar-refractivity contribution is 0.305. The van der Waals surface area contributed by atoms with E-state index >= 15 is 0 Å². The Morgan fingerprint density at radius 1 is 1.35 bits per heavy atom. The molecule has 2 rings (SSSR count). The maximum Gasteiger partial charge on any atom is 0.125 e. The maximum atomic E-state index is 13.2. The molecule has 0 bridgehead atoms. The number of aliphatic hydroxyl groups excluding tert-OH is 1. The molecule has 1 heterocycles. The zero-order chi connectivity index (χ0) is 14.4. The van der Waals surface area contributed by atoms with Gasteiger partial charge < -0.3 is 10.0 Å². The van der Waals surface area contributed by atoms with Crippen LogP contribution in [-0.2, 0) is 6.54 Å². The number of thiophene rings is 1. The topological polar surface area (TPSA) is 23.5 Å². The Morgan fingerprint density at radius 2 is 2.20 bits per heavy atom. The third-order valence-electron chi connectivity index (χ3n) is 2.84. The van der Waals surface area contributed by atoms with Gasteiger partial charge in [0.25, 0.3) is 0 Å². The minimum absolute atomic E-state index is 0.0790. The highest BCUT2D eigenvalue weighted by Crippen LogP contribution is 2.21. The van der Waals surface area contributed by atoms with Gasteiger partial charge in [-0.25, -0.2) is 4.39 Å². The number of rotatable bonds is 4. The standard InChI is InChI=1S/C16H16FNOS/c1-18(15-7-4-6-14(17)11-15)12-16-13(8-10-20-16)5-2-3-9-19/h4,6-8,10-11,19H,3,9,12H2,1H3. The predicted octanol–water partition coefficient (Wildman–Crippen LogP) is 3.26. The quantitative estimate of drug-likeness (QED) is 0.873. The van der Waals surface area contributed by atoms with Crippen LogP contribution in [0.5, 0.6) is 0 Å². The smallest absolute Gasteiger partial charge is 0.125 e. The van der Waals surface area contributed by atoms with Gasteiger partial charge in [0.05, 0.1) is 13.2 Å². The molecule has 2 nitrogen and oxygen atoms in total. The minimum Gasteiger partial charge on any atom is -0.395 e. The molecule has 0 spiro atoms. The molecule has 20 heavy (non-hydrogen) atoms. The zero-order valence-electron chi connectivity index (χ0n) is 11.3. The number of benzene rings is 1.